The molecule has 0 aliphatic heterocycles. The van der Waals surface area contributed by atoms with Crippen LogP contribution in [0.15, 0.2) is 24.5 Å². The molecule has 2 heterocycles. The minimum atomic E-state index is 0.770. The highest BCUT2D eigenvalue weighted by Gasteiger charge is 2.06. The maximum absolute atomic E-state index is 3.93. The Morgan fingerprint density at radius 2 is 2.08 bits per heavy atom. The van der Waals surface area contributed by atoms with Crippen LogP contribution in [-0.2, 0) is 0 Å². The van der Waals surface area contributed by atoms with Gasteiger partial charge in [-0.3, -0.25) is 4.98 Å². The summed E-state index contributed by atoms with van der Waals surface area (Å²) in [4.78, 5) is 5.84. The smallest absolute Gasteiger partial charge is 0.232 e. The van der Waals surface area contributed by atoms with E-state index >= 15 is 0 Å². The van der Waals surface area contributed by atoms with E-state index in [2.05, 4.69) is 19.8 Å². The molecule has 0 saturated heterocycles. The second kappa shape index (κ2) is 3.44. The van der Waals surface area contributed by atoms with Crippen molar-refractivity contribution in [3.8, 4) is 0 Å². The van der Waals surface area contributed by atoms with E-state index in [0.717, 1.165) is 10.8 Å². The molecule has 0 fully saturated rings. The fraction of sp³-hybridized carbons (Fsp3) is 0.143. The lowest BCUT2D eigenvalue weighted by atomic mass is 10.4. The highest BCUT2D eigenvalue weighted by molar-refractivity contribution is 7.09. The standard InChI is InChI=1S/C7H7N5S/c1-12(7-9-10-11-13-7)6-2-4-8-5-3-6/h2-5H,1H3. The zero-order valence-corrected chi connectivity index (χ0v) is 7.77. The highest BCUT2D eigenvalue weighted by Crippen LogP contribution is 2.21. The summed E-state index contributed by atoms with van der Waals surface area (Å²) < 4.78 is 3.69. The second-order valence-corrected chi connectivity index (χ2v) is 3.12. The van der Waals surface area contributed by atoms with Gasteiger partial charge in [0.2, 0.25) is 5.13 Å². The topological polar surface area (TPSA) is 54.8 Å². The van der Waals surface area contributed by atoms with Crippen LogP contribution < -0.4 is 4.90 Å². The van der Waals surface area contributed by atoms with E-state index in [1.54, 1.807) is 12.4 Å². The summed E-state index contributed by atoms with van der Waals surface area (Å²) in [5.74, 6) is 0. The first-order valence-corrected chi connectivity index (χ1v) is 4.44. The Bertz CT molecular complexity index is 360. The zero-order valence-electron chi connectivity index (χ0n) is 6.95. The van der Waals surface area contributed by atoms with E-state index in [0.29, 0.717) is 0 Å². The van der Waals surface area contributed by atoms with Crippen molar-refractivity contribution in [3.63, 3.8) is 0 Å². The summed E-state index contributed by atoms with van der Waals surface area (Å²) in [6.07, 6.45) is 3.47. The number of pyridine rings is 1. The third-order valence-corrected chi connectivity index (χ3v) is 2.30. The highest BCUT2D eigenvalue weighted by atomic mass is 32.1. The Morgan fingerprint density at radius 1 is 1.31 bits per heavy atom. The number of hydrogen-bond acceptors (Lipinski definition) is 6. The third-order valence-electron chi connectivity index (χ3n) is 1.63. The van der Waals surface area contributed by atoms with E-state index in [4.69, 9.17) is 0 Å². The predicted octanol–water partition coefficient (Wildman–Crippen LogP) is 1.10. The Morgan fingerprint density at radius 3 is 2.69 bits per heavy atom. The van der Waals surface area contributed by atoms with Crippen molar-refractivity contribution in [1.82, 2.24) is 19.8 Å². The molecule has 2 aromatic heterocycles. The molecular formula is C7H7N5S. The Labute approximate surface area is 79.2 Å². The number of nitrogens with zero attached hydrogens (tertiary/aromatic N) is 5. The van der Waals surface area contributed by atoms with Crippen LogP contribution in [0.3, 0.4) is 0 Å². The number of hydrogen-bond donors (Lipinski definition) is 0. The van der Waals surface area contributed by atoms with Gasteiger partial charge in [-0.15, -0.1) is 0 Å². The summed E-state index contributed by atoms with van der Waals surface area (Å²) in [5, 5.41) is 8.16. The molecular weight excluding hydrogens is 186 g/mol. The Kier molecular flexibility index (Phi) is 2.13. The fourth-order valence-corrected chi connectivity index (χ4v) is 1.38. The van der Waals surface area contributed by atoms with Gasteiger partial charge in [0.1, 0.15) is 0 Å². The molecule has 0 aliphatic carbocycles. The van der Waals surface area contributed by atoms with E-state index < -0.39 is 0 Å². The Hall–Kier alpha value is -1.56. The molecule has 0 amide bonds. The van der Waals surface area contributed by atoms with Crippen molar-refractivity contribution in [1.29, 1.82) is 0 Å². The molecule has 0 bridgehead atoms. The van der Waals surface area contributed by atoms with Crippen molar-refractivity contribution >= 4 is 22.4 Å². The number of anilines is 2. The van der Waals surface area contributed by atoms with Gasteiger partial charge in [0.05, 0.1) is 0 Å². The number of rotatable bonds is 2. The molecule has 0 atom stereocenters. The molecule has 0 saturated carbocycles. The van der Waals surface area contributed by atoms with Gasteiger partial charge in [-0.2, -0.15) is 0 Å². The van der Waals surface area contributed by atoms with Gasteiger partial charge in [0, 0.05) is 36.7 Å². The van der Waals surface area contributed by atoms with Crippen molar-refractivity contribution in [2.24, 2.45) is 0 Å². The van der Waals surface area contributed by atoms with Crippen molar-refractivity contribution < 1.29 is 0 Å². The summed E-state index contributed by atoms with van der Waals surface area (Å²) in [7, 11) is 1.91. The zero-order chi connectivity index (χ0) is 9.10. The normalized spacial score (nSPS) is 9.92. The van der Waals surface area contributed by atoms with Gasteiger partial charge in [0.15, 0.2) is 0 Å². The molecule has 0 spiro atoms. The van der Waals surface area contributed by atoms with Crippen molar-refractivity contribution in [2.45, 2.75) is 0 Å². The van der Waals surface area contributed by atoms with E-state index in [1.165, 1.54) is 11.5 Å². The van der Waals surface area contributed by atoms with Crippen LogP contribution in [0.4, 0.5) is 10.8 Å². The lowest BCUT2D eigenvalue weighted by molar-refractivity contribution is 0.944. The lowest BCUT2D eigenvalue weighted by Gasteiger charge is -2.13. The van der Waals surface area contributed by atoms with Crippen molar-refractivity contribution in [3.05, 3.63) is 24.5 Å². The monoisotopic (exact) mass is 193 g/mol. The summed E-state index contributed by atoms with van der Waals surface area (Å²) in [5.41, 5.74) is 1.02. The summed E-state index contributed by atoms with van der Waals surface area (Å²) >= 11 is 1.26. The summed E-state index contributed by atoms with van der Waals surface area (Å²) in [6.45, 7) is 0. The maximum Gasteiger partial charge on any atom is 0.232 e. The van der Waals surface area contributed by atoms with E-state index in [-0.39, 0.29) is 0 Å². The first-order valence-electron chi connectivity index (χ1n) is 3.67. The second-order valence-electron chi connectivity index (χ2n) is 2.41. The average Bonchev–Trinajstić information content (AvgIpc) is 2.71. The molecule has 2 rings (SSSR count). The van der Waals surface area contributed by atoms with Gasteiger partial charge in [-0.1, -0.05) is 9.59 Å². The SMILES string of the molecule is CN(c1ccncc1)c1nnns1. The predicted molar refractivity (Wildman–Crippen MR) is 50.0 cm³/mol. The molecule has 66 valence electrons. The number of aromatic nitrogens is 4. The van der Waals surface area contributed by atoms with Crippen LogP contribution in [0.2, 0.25) is 0 Å². The van der Waals surface area contributed by atoms with Crippen LogP contribution in [0.25, 0.3) is 0 Å². The molecule has 13 heavy (non-hydrogen) atoms. The fourth-order valence-electron chi connectivity index (χ4n) is 0.936. The third kappa shape index (κ3) is 1.62. The Balaban J connectivity index is 2.29. The maximum atomic E-state index is 3.93. The molecule has 5 nitrogen and oxygen atoms in total. The van der Waals surface area contributed by atoms with Gasteiger partial charge in [0.25, 0.3) is 0 Å². The minimum absolute atomic E-state index is 0.770. The van der Waals surface area contributed by atoms with Gasteiger partial charge < -0.3 is 4.90 Å². The van der Waals surface area contributed by atoms with E-state index in [1.807, 2.05) is 24.1 Å². The molecule has 0 aromatic carbocycles. The molecule has 0 aliphatic rings. The van der Waals surface area contributed by atoms with Gasteiger partial charge in [-0.05, 0) is 17.3 Å². The van der Waals surface area contributed by atoms with Crippen LogP contribution >= 0.6 is 11.5 Å². The van der Waals surface area contributed by atoms with Crippen LogP contribution in [0, 0.1) is 0 Å². The van der Waals surface area contributed by atoms with E-state index in [9.17, 15) is 0 Å². The average molecular weight is 193 g/mol. The molecule has 2 aromatic rings. The molecule has 6 heteroatoms. The van der Waals surface area contributed by atoms with Gasteiger partial charge >= 0.3 is 0 Å². The quantitative estimate of drug-likeness (QED) is 0.714. The van der Waals surface area contributed by atoms with Crippen molar-refractivity contribution in [2.75, 3.05) is 11.9 Å². The van der Waals surface area contributed by atoms with Crippen LogP contribution in [0.5, 0.6) is 0 Å². The summed E-state index contributed by atoms with van der Waals surface area (Å²) in [6, 6.07) is 3.81. The largest absolute Gasteiger partial charge is 0.318 e. The van der Waals surface area contributed by atoms with Crippen LogP contribution in [-0.4, -0.2) is 26.8 Å². The molecule has 0 unspecified atom stereocenters. The first-order chi connectivity index (χ1) is 6.38. The minimum Gasteiger partial charge on any atom is -0.318 e. The molecule has 0 N–H and O–H groups in total. The molecule has 0 radical (unpaired) electrons. The first kappa shape index (κ1) is 8.06. The van der Waals surface area contributed by atoms with Gasteiger partial charge in [-0.25, -0.2) is 0 Å². The van der Waals surface area contributed by atoms with Crippen LogP contribution in [0.1, 0.15) is 0 Å². The lowest BCUT2D eigenvalue weighted by Crippen LogP contribution is -2.08.